The van der Waals surface area contributed by atoms with Gasteiger partial charge in [0.05, 0.1) is 0 Å². The Labute approximate surface area is 84.1 Å². The molecule has 0 heterocycles. The van der Waals surface area contributed by atoms with Gasteiger partial charge in [0.2, 0.25) is 0 Å². The van der Waals surface area contributed by atoms with Crippen LogP contribution in [0.3, 0.4) is 0 Å². The van der Waals surface area contributed by atoms with E-state index in [9.17, 15) is 9.59 Å². The fourth-order valence-corrected chi connectivity index (χ4v) is 0.958. The van der Waals surface area contributed by atoms with E-state index < -0.39 is 11.8 Å². The quantitative estimate of drug-likeness (QED) is 0.307. The third kappa shape index (κ3) is 4.03. The lowest BCUT2D eigenvalue weighted by Crippen LogP contribution is -2.12. The topological polar surface area (TPSA) is 54.4 Å². The Hall–Kier alpha value is -1.38. The Morgan fingerprint density at radius 3 is 2.36 bits per heavy atom. The highest BCUT2D eigenvalue weighted by Crippen LogP contribution is 2.07. The summed E-state index contributed by atoms with van der Waals surface area (Å²) in [5.74, 6) is -1.65. The van der Waals surface area contributed by atoms with E-state index in [1.807, 2.05) is 6.92 Å². The summed E-state index contributed by atoms with van der Waals surface area (Å²) in [6, 6.07) is 0. The molecule has 0 aromatic heterocycles. The predicted octanol–water partition coefficient (Wildman–Crippen LogP) is 2.33. The molecule has 14 heavy (non-hydrogen) atoms. The maximum atomic E-state index is 11.3. The first-order chi connectivity index (χ1) is 6.50. The fourth-order valence-electron chi connectivity index (χ4n) is 0.958. The van der Waals surface area contributed by atoms with Crippen LogP contribution in [0.15, 0.2) is 23.8 Å². The first-order valence-corrected chi connectivity index (χ1v) is 4.64. The molecule has 0 unspecified atom stereocenters. The molecule has 0 rings (SSSR count). The van der Waals surface area contributed by atoms with Gasteiger partial charge in [0, 0.05) is 0 Å². The summed E-state index contributed by atoms with van der Waals surface area (Å²) in [6.07, 6.45) is 3.96. The van der Waals surface area contributed by atoms with Crippen LogP contribution in [-0.4, -0.2) is 16.9 Å². The second-order valence-electron chi connectivity index (χ2n) is 3.17. The molecule has 0 atom stereocenters. The molecule has 0 spiro atoms. The largest absolute Gasteiger partial charge is 0.478 e. The Morgan fingerprint density at radius 1 is 1.43 bits per heavy atom. The van der Waals surface area contributed by atoms with E-state index >= 15 is 0 Å². The number of carboxylic acids is 1. The number of allylic oxidation sites excluding steroid dienone is 2. The molecule has 3 heteroatoms. The SMILES string of the molecule is C=C(C)C(=O)C(=CCCCC)C(=O)O. The van der Waals surface area contributed by atoms with E-state index in [2.05, 4.69) is 6.58 Å². The van der Waals surface area contributed by atoms with Crippen LogP contribution < -0.4 is 0 Å². The maximum absolute atomic E-state index is 11.3. The van der Waals surface area contributed by atoms with Gasteiger partial charge in [-0.15, -0.1) is 0 Å². The van der Waals surface area contributed by atoms with Crippen molar-refractivity contribution in [3.05, 3.63) is 23.8 Å². The monoisotopic (exact) mass is 196 g/mol. The zero-order valence-electron chi connectivity index (χ0n) is 8.67. The number of unbranched alkanes of at least 4 members (excludes halogenated alkanes) is 2. The molecule has 0 amide bonds. The molecule has 0 saturated carbocycles. The first kappa shape index (κ1) is 12.6. The summed E-state index contributed by atoms with van der Waals surface area (Å²) >= 11 is 0. The van der Waals surface area contributed by atoms with Crippen LogP contribution in [0.25, 0.3) is 0 Å². The first-order valence-electron chi connectivity index (χ1n) is 4.64. The van der Waals surface area contributed by atoms with Crippen molar-refractivity contribution in [2.75, 3.05) is 0 Å². The summed E-state index contributed by atoms with van der Waals surface area (Å²) in [6.45, 7) is 6.95. The van der Waals surface area contributed by atoms with Gasteiger partial charge in [-0.1, -0.05) is 32.4 Å². The van der Waals surface area contributed by atoms with Crippen molar-refractivity contribution in [1.29, 1.82) is 0 Å². The zero-order valence-corrected chi connectivity index (χ0v) is 8.67. The average molecular weight is 196 g/mol. The number of carboxylic acid groups (broad SMARTS) is 1. The van der Waals surface area contributed by atoms with Gasteiger partial charge >= 0.3 is 5.97 Å². The average Bonchev–Trinajstić information content (AvgIpc) is 2.10. The summed E-state index contributed by atoms with van der Waals surface area (Å²) in [5, 5.41) is 8.76. The van der Waals surface area contributed by atoms with Crippen molar-refractivity contribution in [1.82, 2.24) is 0 Å². The van der Waals surface area contributed by atoms with Crippen molar-refractivity contribution in [3.8, 4) is 0 Å². The molecule has 0 aliphatic carbocycles. The van der Waals surface area contributed by atoms with Crippen LogP contribution in [0.2, 0.25) is 0 Å². The standard InChI is InChI=1S/C11H16O3/c1-4-5-6-7-9(11(13)14)10(12)8(2)3/h7H,2,4-6H2,1,3H3,(H,13,14). The minimum atomic E-state index is -1.17. The summed E-state index contributed by atoms with van der Waals surface area (Å²) in [4.78, 5) is 22.0. The van der Waals surface area contributed by atoms with Crippen LogP contribution >= 0.6 is 0 Å². The smallest absolute Gasteiger partial charge is 0.339 e. The number of rotatable bonds is 6. The highest BCUT2D eigenvalue weighted by molar-refractivity contribution is 6.22. The third-order valence-corrected chi connectivity index (χ3v) is 1.77. The number of hydrogen-bond acceptors (Lipinski definition) is 2. The van der Waals surface area contributed by atoms with Crippen molar-refractivity contribution in [3.63, 3.8) is 0 Å². The van der Waals surface area contributed by atoms with Gasteiger partial charge in [-0.3, -0.25) is 4.79 Å². The second-order valence-corrected chi connectivity index (χ2v) is 3.17. The number of aliphatic carboxylic acids is 1. The van der Waals surface area contributed by atoms with Gasteiger partial charge < -0.3 is 5.11 Å². The summed E-state index contributed by atoms with van der Waals surface area (Å²) in [5.41, 5.74) is 0.0982. The van der Waals surface area contributed by atoms with E-state index in [1.165, 1.54) is 13.0 Å². The molecule has 0 bridgehead atoms. The van der Waals surface area contributed by atoms with Gasteiger partial charge in [-0.2, -0.15) is 0 Å². The van der Waals surface area contributed by atoms with Crippen molar-refractivity contribution in [2.45, 2.75) is 33.1 Å². The molecular formula is C11H16O3. The minimum absolute atomic E-state index is 0.161. The maximum Gasteiger partial charge on any atom is 0.339 e. The summed E-state index contributed by atoms with van der Waals surface area (Å²) < 4.78 is 0. The van der Waals surface area contributed by atoms with Gasteiger partial charge in [0.15, 0.2) is 5.78 Å². The Bertz CT molecular complexity index is 274. The normalized spacial score (nSPS) is 11.1. The van der Waals surface area contributed by atoms with Crippen LogP contribution in [-0.2, 0) is 9.59 Å². The summed E-state index contributed by atoms with van der Waals surface area (Å²) in [7, 11) is 0. The molecule has 1 N–H and O–H groups in total. The number of Topliss-reactive ketones (excluding diaryl/α,β-unsaturated/α-hetero) is 1. The molecule has 0 saturated heterocycles. The highest BCUT2D eigenvalue weighted by atomic mass is 16.4. The van der Waals surface area contributed by atoms with E-state index in [-0.39, 0.29) is 11.1 Å². The van der Waals surface area contributed by atoms with Crippen molar-refractivity contribution < 1.29 is 14.7 Å². The predicted molar refractivity (Wildman–Crippen MR) is 55.1 cm³/mol. The molecule has 0 radical (unpaired) electrons. The number of hydrogen-bond donors (Lipinski definition) is 1. The number of carbonyl (C=O) groups excluding carboxylic acids is 1. The van der Waals surface area contributed by atoms with Gasteiger partial charge in [0.25, 0.3) is 0 Å². The molecule has 0 aromatic rings. The van der Waals surface area contributed by atoms with E-state index in [0.29, 0.717) is 6.42 Å². The molecule has 0 fully saturated rings. The molecular weight excluding hydrogens is 180 g/mol. The number of carbonyl (C=O) groups is 2. The van der Waals surface area contributed by atoms with Gasteiger partial charge in [-0.05, 0) is 18.9 Å². The van der Waals surface area contributed by atoms with E-state index in [0.717, 1.165) is 12.8 Å². The lowest BCUT2D eigenvalue weighted by molar-refractivity contribution is -0.134. The van der Waals surface area contributed by atoms with Crippen LogP contribution in [0, 0.1) is 0 Å². The van der Waals surface area contributed by atoms with Gasteiger partial charge in [0.1, 0.15) is 5.57 Å². The van der Waals surface area contributed by atoms with E-state index in [4.69, 9.17) is 5.11 Å². The van der Waals surface area contributed by atoms with Crippen molar-refractivity contribution in [2.24, 2.45) is 0 Å². The van der Waals surface area contributed by atoms with Crippen molar-refractivity contribution >= 4 is 11.8 Å². The Morgan fingerprint density at radius 2 is 2.00 bits per heavy atom. The second kappa shape index (κ2) is 6.13. The lowest BCUT2D eigenvalue weighted by atomic mass is 10.0. The Kier molecular flexibility index (Phi) is 5.53. The molecule has 0 aliphatic rings. The lowest BCUT2D eigenvalue weighted by Gasteiger charge is -2.00. The molecule has 0 aliphatic heterocycles. The molecule has 3 nitrogen and oxygen atoms in total. The third-order valence-electron chi connectivity index (χ3n) is 1.77. The fraction of sp³-hybridized carbons (Fsp3) is 0.455. The number of ketones is 1. The van der Waals surface area contributed by atoms with Crippen LogP contribution in [0.4, 0.5) is 0 Å². The zero-order chi connectivity index (χ0) is 11.1. The minimum Gasteiger partial charge on any atom is -0.478 e. The van der Waals surface area contributed by atoms with Gasteiger partial charge in [-0.25, -0.2) is 4.79 Å². The van der Waals surface area contributed by atoms with Crippen LogP contribution in [0.1, 0.15) is 33.1 Å². The van der Waals surface area contributed by atoms with E-state index in [1.54, 1.807) is 0 Å². The Balaban J connectivity index is 4.60. The molecule has 0 aromatic carbocycles. The van der Waals surface area contributed by atoms with Crippen LogP contribution in [0.5, 0.6) is 0 Å². The molecule has 78 valence electrons. The highest BCUT2D eigenvalue weighted by Gasteiger charge is 2.16.